The van der Waals surface area contributed by atoms with E-state index in [1.165, 1.54) is 0 Å². The first-order chi connectivity index (χ1) is 17.5. The third-order valence-corrected chi connectivity index (χ3v) is 12.3. The van der Waals surface area contributed by atoms with Crippen molar-refractivity contribution in [1.29, 1.82) is 0 Å². The maximum Gasteiger partial charge on any atom is 0.296 e. The van der Waals surface area contributed by atoms with Crippen LogP contribution in [0.2, 0.25) is 0 Å². The molecule has 0 aliphatic heterocycles. The Labute approximate surface area is 228 Å². The first-order valence-electron chi connectivity index (χ1n) is 14.2. The summed E-state index contributed by atoms with van der Waals surface area (Å²) in [5, 5.41) is 3.23. The number of Topliss-reactive ketones (excluding diaryl/α,β-unsaturated/α-hetero) is 1. The van der Waals surface area contributed by atoms with Crippen LogP contribution in [-0.4, -0.2) is 23.0 Å². The van der Waals surface area contributed by atoms with Gasteiger partial charge in [-0.3, -0.25) is 9.59 Å². The topological polar surface area (TPSA) is 67.6 Å². The van der Waals surface area contributed by atoms with Crippen LogP contribution in [0.1, 0.15) is 93.4 Å². The first-order valence-corrected chi connectivity index (χ1v) is 14.2. The number of nitrogens with one attached hydrogen (secondary N) is 1. The Morgan fingerprint density at radius 3 is 2.34 bits per heavy atom. The van der Waals surface area contributed by atoms with Crippen LogP contribution in [0.25, 0.3) is 4.85 Å². The number of carbonyl (C=O) groups is 3. The highest BCUT2D eigenvalue weighted by Crippen LogP contribution is 2.73. The number of hydrogen-bond acceptors (Lipinski definition) is 3. The summed E-state index contributed by atoms with van der Waals surface area (Å²) < 4.78 is 0. The lowest BCUT2D eigenvalue weighted by molar-refractivity contribution is -0.163. The van der Waals surface area contributed by atoms with E-state index in [4.69, 9.17) is 13.0 Å². The smallest absolute Gasteiger partial charge is 0.296 e. The number of fused-ring (bicyclic) bond motifs is 7. The van der Waals surface area contributed by atoms with E-state index in [0.717, 1.165) is 50.5 Å². The Hall–Kier alpha value is -2.66. The lowest BCUT2D eigenvalue weighted by Gasteiger charge is -2.69. The van der Waals surface area contributed by atoms with Crippen molar-refractivity contribution in [3.8, 4) is 12.3 Å². The van der Waals surface area contributed by atoms with E-state index in [1.54, 1.807) is 0 Å². The molecule has 1 amide bonds. The van der Waals surface area contributed by atoms with E-state index in [2.05, 4.69) is 50.7 Å². The molecule has 0 heterocycles. The number of amides is 1. The highest BCUT2D eigenvalue weighted by Gasteiger charge is 2.69. The third-order valence-electron chi connectivity index (χ3n) is 12.3. The predicted octanol–water partition coefficient (Wildman–Crippen LogP) is 6.06. The van der Waals surface area contributed by atoms with Gasteiger partial charge in [0, 0.05) is 22.3 Å². The van der Waals surface area contributed by atoms with Gasteiger partial charge >= 0.3 is 0 Å². The van der Waals surface area contributed by atoms with Gasteiger partial charge in [-0.2, -0.15) is 0 Å². The zero-order valence-corrected chi connectivity index (χ0v) is 24.1. The Bertz CT molecular complexity index is 1290. The molecule has 0 aromatic heterocycles. The molecule has 3 fully saturated rings. The normalized spacial score (nSPS) is 44.5. The zero-order chi connectivity index (χ0) is 28.1. The average Bonchev–Trinajstić information content (AvgIpc) is 2.83. The number of allylic oxidation sites excluding steroid dienone is 4. The summed E-state index contributed by atoms with van der Waals surface area (Å²) >= 11 is 0. The number of carbonyl (C=O) groups excluding carboxylic acids is 3. The zero-order valence-electron chi connectivity index (χ0n) is 24.1. The van der Waals surface area contributed by atoms with Crippen molar-refractivity contribution in [3.05, 3.63) is 34.8 Å². The fraction of sp³-hybridized carbons (Fsp3) is 0.697. The van der Waals surface area contributed by atoms with Gasteiger partial charge in [0.15, 0.2) is 11.6 Å². The lowest BCUT2D eigenvalue weighted by atomic mass is 9.35. The molecule has 5 nitrogen and oxygen atoms in total. The maximum absolute atomic E-state index is 14.4. The summed E-state index contributed by atoms with van der Waals surface area (Å²) in [4.78, 5) is 43.8. The molecule has 1 N–H and O–H groups in total. The van der Waals surface area contributed by atoms with Crippen LogP contribution < -0.4 is 5.32 Å². The Kier molecular flexibility index (Phi) is 5.63. The van der Waals surface area contributed by atoms with Gasteiger partial charge in [0.1, 0.15) is 0 Å². The van der Waals surface area contributed by atoms with E-state index in [-0.39, 0.29) is 57.2 Å². The summed E-state index contributed by atoms with van der Waals surface area (Å²) in [5.74, 6) is 1.75. The Morgan fingerprint density at radius 1 is 1.05 bits per heavy atom. The second-order valence-corrected chi connectivity index (χ2v) is 15.0. The van der Waals surface area contributed by atoms with Crippen LogP contribution in [0.4, 0.5) is 0 Å². The summed E-state index contributed by atoms with van der Waals surface area (Å²) in [6, 6.07) is 0. The monoisotopic (exact) mass is 514 g/mol. The molecule has 5 rings (SSSR count). The standard InChI is InChI=1S/C33H42N2O3/c1-10-25(37)35-33-15-13-28(2,3)18-20(33)26-22(36)17-24-30(6)19-21(34-9)27(38)29(4,5)23(30)11-12-31(24,7)32(26,8)14-16-33/h1,17,19-20,23,26H,11-16,18H2,2-8H3,(H,35,37)/t20?,23-,26?,30-,31+,32+,33-/m0/s1. The van der Waals surface area contributed by atoms with Crippen molar-refractivity contribution in [2.24, 2.45) is 44.8 Å². The molecular weight excluding hydrogens is 472 g/mol. The molecule has 0 aromatic carbocycles. The van der Waals surface area contributed by atoms with Gasteiger partial charge in [-0.1, -0.05) is 60.1 Å². The minimum Gasteiger partial charge on any atom is -0.340 e. The van der Waals surface area contributed by atoms with Crippen LogP contribution in [0.15, 0.2) is 23.4 Å². The van der Waals surface area contributed by atoms with Crippen molar-refractivity contribution in [1.82, 2.24) is 5.32 Å². The number of ketones is 2. The first kappa shape index (κ1) is 26.9. The molecule has 0 spiro atoms. The number of rotatable bonds is 1. The van der Waals surface area contributed by atoms with Gasteiger partial charge < -0.3 is 10.1 Å². The molecular formula is C33H42N2O3. The maximum atomic E-state index is 14.4. The Balaban J connectivity index is 1.69. The van der Waals surface area contributed by atoms with Crippen molar-refractivity contribution in [3.63, 3.8) is 0 Å². The molecule has 0 radical (unpaired) electrons. The van der Waals surface area contributed by atoms with E-state index >= 15 is 0 Å². The SMILES string of the molecule is [C-]#[N+]C1=C[C@]2(C)C3=CC(=O)C4C5CC(C)(C)CC[C@]5(NC(=O)C#C)CC[C@@]4(C)[C@]3(C)CC[C@H]2C(C)(C)C1=O. The number of nitrogens with zero attached hydrogens (tertiary/aromatic N) is 1. The third kappa shape index (κ3) is 3.27. The molecule has 7 atom stereocenters. The van der Waals surface area contributed by atoms with Crippen molar-refractivity contribution in [2.75, 3.05) is 0 Å². The van der Waals surface area contributed by atoms with Crippen LogP contribution >= 0.6 is 0 Å². The fourth-order valence-corrected chi connectivity index (χ4v) is 10.1. The number of hydrogen-bond donors (Lipinski definition) is 1. The molecule has 0 aromatic rings. The molecule has 0 saturated heterocycles. The minimum atomic E-state index is -0.666. The second kappa shape index (κ2) is 7.94. The van der Waals surface area contributed by atoms with Crippen molar-refractivity contribution < 1.29 is 14.4 Å². The lowest BCUT2D eigenvalue weighted by Crippen LogP contribution is -2.69. The molecule has 0 bridgehead atoms. The molecule has 2 unspecified atom stereocenters. The van der Waals surface area contributed by atoms with Gasteiger partial charge in [0.05, 0.1) is 6.57 Å². The van der Waals surface area contributed by atoms with Gasteiger partial charge in [0.25, 0.3) is 5.91 Å². The fourth-order valence-electron chi connectivity index (χ4n) is 10.1. The second-order valence-electron chi connectivity index (χ2n) is 15.0. The number of terminal acetylenes is 1. The van der Waals surface area contributed by atoms with Crippen LogP contribution in [0.5, 0.6) is 0 Å². The largest absolute Gasteiger partial charge is 0.340 e. The van der Waals surface area contributed by atoms with Gasteiger partial charge in [-0.05, 0) is 85.0 Å². The summed E-state index contributed by atoms with van der Waals surface area (Å²) in [6.45, 7) is 23.0. The molecule has 5 aliphatic rings. The van der Waals surface area contributed by atoms with E-state index in [0.29, 0.717) is 0 Å². The average molecular weight is 515 g/mol. The Morgan fingerprint density at radius 2 is 1.71 bits per heavy atom. The molecule has 3 saturated carbocycles. The van der Waals surface area contributed by atoms with E-state index in [1.807, 2.05) is 26.0 Å². The highest BCUT2D eigenvalue weighted by atomic mass is 16.2. The summed E-state index contributed by atoms with van der Waals surface area (Å²) in [6.07, 6.45) is 15.4. The minimum absolute atomic E-state index is 0.00803. The summed E-state index contributed by atoms with van der Waals surface area (Å²) in [7, 11) is 0. The van der Waals surface area contributed by atoms with Crippen LogP contribution in [0, 0.1) is 63.7 Å². The molecule has 202 valence electrons. The van der Waals surface area contributed by atoms with E-state index in [9.17, 15) is 14.4 Å². The predicted molar refractivity (Wildman–Crippen MR) is 147 cm³/mol. The molecule has 5 heteroatoms. The van der Waals surface area contributed by atoms with Crippen molar-refractivity contribution >= 4 is 17.5 Å². The quantitative estimate of drug-likeness (QED) is 0.342. The van der Waals surface area contributed by atoms with Gasteiger partial charge in [-0.25, -0.2) is 4.85 Å². The van der Waals surface area contributed by atoms with E-state index < -0.39 is 16.4 Å². The van der Waals surface area contributed by atoms with Crippen molar-refractivity contribution in [2.45, 2.75) is 99.0 Å². The van der Waals surface area contributed by atoms with Gasteiger partial charge in [0.2, 0.25) is 5.70 Å². The van der Waals surface area contributed by atoms with Crippen LogP contribution in [-0.2, 0) is 14.4 Å². The van der Waals surface area contributed by atoms with Gasteiger partial charge in [-0.15, -0.1) is 6.42 Å². The highest BCUT2D eigenvalue weighted by molar-refractivity contribution is 6.03. The molecule has 38 heavy (non-hydrogen) atoms. The summed E-state index contributed by atoms with van der Waals surface area (Å²) in [5.41, 5.74) is -0.855. The van der Waals surface area contributed by atoms with Crippen LogP contribution in [0.3, 0.4) is 0 Å². The molecule has 5 aliphatic carbocycles.